The molecule has 1 aromatic carbocycles. The summed E-state index contributed by atoms with van der Waals surface area (Å²) in [5.74, 6) is -0.199. The lowest BCUT2D eigenvalue weighted by Crippen LogP contribution is -2.24. The van der Waals surface area contributed by atoms with Gasteiger partial charge in [-0.05, 0) is 42.0 Å². The molecule has 0 amide bonds. The Balaban J connectivity index is 1.75. The molecule has 0 spiro atoms. The van der Waals surface area contributed by atoms with Gasteiger partial charge in [0.15, 0.2) is 0 Å². The van der Waals surface area contributed by atoms with Crippen molar-refractivity contribution < 1.29 is 12.8 Å². The number of pyridine rings is 1. The third kappa shape index (κ3) is 3.28. The van der Waals surface area contributed by atoms with Crippen LogP contribution in [0.3, 0.4) is 0 Å². The highest BCUT2D eigenvalue weighted by Gasteiger charge is 2.24. The van der Waals surface area contributed by atoms with E-state index in [1.54, 1.807) is 6.20 Å². The molecular formula is C15H15FN2O2S. The van der Waals surface area contributed by atoms with Gasteiger partial charge in [0, 0.05) is 18.9 Å². The van der Waals surface area contributed by atoms with E-state index in [2.05, 4.69) is 9.71 Å². The maximum Gasteiger partial charge on any atom is 0.243 e. The van der Waals surface area contributed by atoms with E-state index in [-0.39, 0.29) is 11.4 Å². The zero-order valence-corrected chi connectivity index (χ0v) is 12.1. The number of halogens is 1. The van der Waals surface area contributed by atoms with Crippen molar-refractivity contribution in [1.82, 2.24) is 9.71 Å². The van der Waals surface area contributed by atoms with Gasteiger partial charge in [-0.15, -0.1) is 0 Å². The first-order valence-corrected chi connectivity index (χ1v) is 8.22. The molecular weight excluding hydrogens is 291 g/mol. The summed E-state index contributed by atoms with van der Waals surface area (Å²) < 4.78 is 40.1. The van der Waals surface area contributed by atoms with Gasteiger partial charge >= 0.3 is 0 Å². The van der Waals surface area contributed by atoms with Crippen LogP contribution in [0.4, 0.5) is 4.39 Å². The van der Waals surface area contributed by atoms with Gasteiger partial charge in [0.2, 0.25) is 10.0 Å². The van der Waals surface area contributed by atoms with Crippen molar-refractivity contribution in [2.24, 2.45) is 0 Å². The molecule has 0 atom stereocenters. The van der Waals surface area contributed by atoms with Crippen molar-refractivity contribution in [3.05, 3.63) is 59.7 Å². The SMILES string of the molecule is O=S(=O)(NCc1cncc(C2CC2)c1)c1ccccc1F. The van der Waals surface area contributed by atoms with Crippen molar-refractivity contribution in [3.63, 3.8) is 0 Å². The molecule has 0 unspecified atom stereocenters. The van der Waals surface area contributed by atoms with E-state index in [4.69, 9.17) is 0 Å². The van der Waals surface area contributed by atoms with Crippen LogP contribution in [0.1, 0.15) is 29.9 Å². The van der Waals surface area contributed by atoms with Crippen LogP contribution < -0.4 is 4.72 Å². The summed E-state index contributed by atoms with van der Waals surface area (Å²) in [5.41, 5.74) is 1.91. The number of rotatable bonds is 5. The van der Waals surface area contributed by atoms with Crippen LogP contribution in [-0.4, -0.2) is 13.4 Å². The summed E-state index contributed by atoms with van der Waals surface area (Å²) in [7, 11) is -3.86. The van der Waals surface area contributed by atoms with Crippen LogP contribution in [0.5, 0.6) is 0 Å². The van der Waals surface area contributed by atoms with Gasteiger partial charge in [-0.3, -0.25) is 4.98 Å². The molecule has 0 saturated heterocycles. The molecule has 2 aromatic rings. The van der Waals surface area contributed by atoms with Crippen LogP contribution in [0, 0.1) is 5.82 Å². The minimum Gasteiger partial charge on any atom is -0.264 e. The molecule has 1 heterocycles. The zero-order valence-electron chi connectivity index (χ0n) is 11.3. The van der Waals surface area contributed by atoms with Crippen LogP contribution >= 0.6 is 0 Å². The minimum atomic E-state index is -3.86. The van der Waals surface area contributed by atoms with Gasteiger partial charge in [0.05, 0.1) is 0 Å². The second-order valence-corrected chi connectivity index (χ2v) is 6.89. The highest BCUT2D eigenvalue weighted by molar-refractivity contribution is 7.89. The van der Waals surface area contributed by atoms with Crippen LogP contribution in [0.25, 0.3) is 0 Å². The van der Waals surface area contributed by atoms with Gasteiger partial charge in [-0.1, -0.05) is 18.2 Å². The Labute approximate surface area is 123 Å². The average Bonchev–Trinajstić information content (AvgIpc) is 3.31. The predicted molar refractivity (Wildman–Crippen MR) is 76.6 cm³/mol. The second kappa shape index (κ2) is 5.54. The van der Waals surface area contributed by atoms with Gasteiger partial charge in [-0.2, -0.15) is 0 Å². The second-order valence-electron chi connectivity index (χ2n) is 5.16. The molecule has 6 heteroatoms. The largest absolute Gasteiger partial charge is 0.264 e. The fourth-order valence-corrected chi connectivity index (χ4v) is 3.26. The van der Waals surface area contributed by atoms with Gasteiger partial charge in [-0.25, -0.2) is 17.5 Å². The number of nitrogens with one attached hydrogen (secondary N) is 1. The molecule has 3 rings (SSSR count). The third-order valence-electron chi connectivity index (χ3n) is 3.46. The molecule has 0 bridgehead atoms. The molecule has 1 aliphatic carbocycles. The maximum atomic E-state index is 13.6. The first-order chi connectivity index (χ1) is 10.1. The summed E-state index contributed by atoms with van der Waals surface area (Å²) in [6.07, 6.45) is 5.75. The number of aromatic nitrogens is 1. The Hall–Kier alpha value is -1.79. The Kier molecular flexibility index (Phi) is 3.73. The maximum absolute atomic E-state index is 13.6. The van der Waals surface area contributed by atoms with Gasteiger partial charge in [0.25, 0.3) is 0 Å². The van der Waals surface area contributed by atoms with Crippen molar-refractivity contribution in [2.75, 3.05) is 0 Å². The first-order valence-electron chi connectivity index (χ1n) is 6.74. The normalized spacial score (nSPS) is 15.1. The Bertz CT molecular complexity index is 758. The molecule has 4 nitrogen and oxygen atoms in total. The van der Waals surface area contributed by atoms with E-state index in [1.807, 2.05) is 12.3 Å². The van der Waals surface area contributed by atoms with Crippen LogP contribution in [0.2, 0.25) is 0 Å². The highest BCUT2D eigenvalue weighted by Crippen LogP contribution is 2.39. The van der Waals surface area contributed by atoms with Crippen molar-refractivity contribution >= 4 is 10.0 Å². The van der Waals surface area contributed by atoms with Crippen molar-refractivity contribution in [2.45, 2.75) is 30.2 Å². The molecule has 0 aliphatic heterocycles. The average molecular weight is 306 g/mol. The lowest BCUT2D eigenvalue weighted by molar-refractivity contribution is 0.556. The van der Waals surface area contributed by atoms with E-state index >= 15 is 0 Å². The smallest absolute Gasteiger partial charge is 0.243 e. The Morgan fingerprint density at radius 2 is 2.00 bits per heavy atom. The number of nitrogens with zero attached hydrogens (tertiary/aromatic N) is 1. The van der Waals surface area contributed by atoms with E-state index in [0.717, 1.165) is 30.0 Å². The summed E-state index contributed by atoms with van der Waals surface area (Å²) in [4.78, 5) is 3.79. The van der Waals surface area contributed by atoms with Crippen LogP contribution in [0.15, 0.2) is 47.6 Å². The number of hydrogen-bond acceptors (Lipinski definition) is 3. The topological polar surface area (TPSA) is 59.1 Å². The molecule has 0 radical (unpaired) electrons. The monoisotopic (exact) mass is 306 g/mol. The number of benzene rings is 1. The lowest BCUT2D eigenvalue weighted by atomic mass is 10.1. The molecule has 1 N–H and O–H groups in total. The molecule has 1 saturated carbocycles. The van der Waals surface area contributed by atoms with Crippen LogP contribution in [-0.2, 0) is 16.6 Å². The first kappa shape index (κ1) is 14.2. The molecule has 21 heavy (non-hydrogen) atoms. The number of sulfonamides is 1. The Morgan fingerprint density at radius 1 is 1.24 bits per heavy atom. The predicted octanol–water partition coefficient (Wildman–Crippen LogP) is 2.58. The van der Waals surface area contributed by atoms with Crippen molar-refractivity contribution in [1.29, 1.82) is 0 Å². The lowest BCUT2D eigenvalue weighted by Gasteiger charge is -2.08. The fraction of sp³-hybridized carbons (Fsp3) is 0.267. The van der Waals surface area contributed by atoms with Gasteiger partial charge < -0.3 is 0 Å². The zero-order chi connectivity index (χ0) is 14.9. The standard InChI is InChI=1S/C15H15FN2O2S/c16-14-3-1-2-4-15(14)21(19,20)18-9-11-7-13(10-17-8-11)12-5-6-12/h1-4,7-8,10,12,18H,5-6,9H2. The summed E-state index contributed by atoms with van der Waals surface area (Å²) in [6.45, 7) is 0.101. The van der Waals surface area contributed by atoms with E-state index in [0.29, 0.717) is 5.92 Å². The fourth-order valence-electron chi connectivity index (χ4n) is 2.16. The van der Waals surface area contributed by atoms with E-state index in [9.17, 15) is 12.8 Å². The molecule has 1 fully saturated rings. The van der Waals surface area contributed by atoms with Gasteiger partial charge in [0.1, 0.15) is 10.7 Å². The third-order valence-corrected chi connectivity index (χ3v) is 4.89. The summed E-state index contributed by atoms with van der Waals surface area (Å²) in [5, 5.41) is 0. The van der Waals surface area contributed by atoms with E-state index < -0.39 is 15.8 Å². The highest BCUT2D eigenvalue weighted by atomic mass is 32.2. The summed E-state index contributed by atoms with van der Waals surface area (Å²) >= 11 is 0. The molecule has 1 aliphatic rings. The quantitative estimate of drug-likeness (QED) is 0.923. The number of hydrogen-bond donors (Lipinski definition) is 1. The minimum absolute atomic E-state index is 0.101. The molecule has 1 aromatic heterocycles. The van der Waals surface area contributed by atoms with Crippen molar-refractivity contribution in [3.8, 4) is 0 Å². The Morgan fingerprint density at radius 3 is 2.71 bits per heavy atom. The molecule has 110 valence electrons. The summed E-state index contributed by atoms with van der Waals surface area (Å²) in [6, 6.07) is 7.28. The van der Waals surface area contributed by atoms with E-state index in [1.165, 1.54) is 18.2 Å².